The quantitative estimate of drug-likeness (QED) is 0.276. The summed E-state index contributed by atoms with van der Waals surface area (Å²) in [6, 6.07) is 29.9. The molecule has 1 aliphatic heterocycles. The highest BCUT2D eigenvalue weighted by Crippen LogP contribution is 2.49. The second-order valence-electron chi connectivity index (χ2n) is 8.32. The Morgan fingerprint density at radius 3 is 2.47 bits per heavy atom. The molecule has 1 aromatic heterocycles. The molecule has 0 fully saturated rings. The number of amides is 1. The number of nitrogens with zero attached hydrogens (tertiary/aromatic N) is 1. The molecule has 5 aromatic rings. The smallest absolute Gasteiger partial charge is 0.260 e. The molecular weight excluding hydrogens is 488 g/mol. The highest BCUT2D eigenvalue weighted by Gasteiger charge is 2.37. The molecule has 166 valence electrons. The normalized spacial score (nSPS) is 14.5. The number of ether oxygens (including phenoxy) is 1. The number of aromatic nitrogens is 1. The summed E-state index contributed by atoms with van der Waals surface area (Å²) in [4.78, 5) is 19.7. The zero-order valence-electron chi connectivity index (χ0n) is 18.5. The molecule has 0 spiro atoms. The maximum atomic E-state index is 14.3. The fourth-order valence-electron chi connectivity index (χ4n) is 4.95. The molecule has 6 rings (SSSR count). The summed E-state index contributed by atoms with van der Waals surface area (Å²) in [5.41, 5.74) is 6.82. The van der Waals surface area contributed by atoms with Gasteiger partial charge < -0.3 is 9.72 Å². The molecule has 0 saturated carbocycles. The van der Waals surface area contributed by atoms with Gasteiger partial charge in [0.2, 0.25) is 0 Å². The number of carbonyl (C=O) groups is 1. The lowest BCUT2D eigenvalue weighted by atomic mass is 9.84. The first kappa shape index (κ1) is 20.8. The molecule has 4 aromatic carbocycles. The van der Waals surface area contributed by atoms with Crippen LogP contribution in [0.25, 0.3) is 22.0 Å². The van der Waals surface area contributed by atoms with E-state index in [1.54, 1.807) is 13.2 Å². The number of H-pyrrole nitrogens is 1. The molecule has 0 aliphatic carbocycles. The summed E-state index contributed by atoms with van der Waals surface area (Å²) in [5, 5.41) is 1.10. The van der Waals surface area contributed by atoms with Crippen molar-refractivity contribution in [2.45, 2.75) is 6.04 Å². The third-order valence-electron chi connectivity index (χ3n) is 6.51. The standard InChI is InChI=1S/C29H21BrN2O2/c1-34-18-14-15-25(30)23(16-18)29(33)32-27-13-7-5-10-21(27)19-8-2-3-11-22(19)28(32)24-17-31-26-12-6-4-9-20(24)26/h2-17,28,31H,1H3. The number of hydrogen-bond donors (Lipinski definition) is 1. The summed E-state index contributed by atoms with van der Waals surface area (Å²) < 4.78 is 6.16. The average molecular weight is 509 g/mol. The maximum absolute atomic E-state index is 14.3. The molecule has 0 saturated heterocycles. The van der Waals surface area contributed by atoms with Crippen LogP contribution < -0.4 is 9.64 Å². The summed E-state index contributed by atoms with van der Waals surface area (Å²) >= 11 is 3.60. The average Bonchev–Trinajstić information content (AvgIpc) is 3.31. The van der Waals surface area contributed by atoms with Crippen LogP contribution in [-0.4, -0.2) is 18.0 Å². The monoisotopic (exact) mass is 508 g/mol. The Balaban J connectivity index is 1.64. The van der Waals surface area contributed by atoms with Crippen LogP contribution in [0, 0.1) is 0 Å². The third-order valence-corrected chi connectivity index (χ3v) is 7.20. The lowest BCUT2D eigenvalue weighted by Crippen LogP contribution is -2.38. The van der Waals surface area contributed by atoms with Crippen LogP contribution in [0.4, 0.5) is 5.69 Å². The van der Waals surface area contributed by atoms with Gasteiger partial charge >= 0.3 is 0 Å². The fraction of sp³-hybridized carbons (Fsp3) is 0.0690. The van der Waals surface area contributed by atoms with Crippen LogP contribution >= 0.6 is 15.9 Å². The highest BCUT2D eigenvalue weighted by atomic mass is 79.9. The number of carbonyl (C=O) groups excluding carboxylic acids is 1. The maximum Gasteiger partial charge on any atom is 0.260 e. The lowest BCUT2D eigenvalue weighted by Gasteiger charge is -2.39. The van der Waals surface area contributed by atoms with E-state index >= 15 is 0 Å². The summed E-state index contributed by atoms with van der Waals surface area (Å²) in [5.74, 6) is 0.545. The number of fused-ring (bicyclic) bond motifs is 4. The number of anilines is 1. The minimum Gasteiger partial charge on any atom is -0.497 e. The first-order chi connectivity index (χ1) is 16.7. The highest BCUT2D eigenvalue weighted by molar-refractivity contribution is 9.10. The van der Waals surface area contributed by atoms with E-state index in [4.69, 9.17) is 4.74 Å². The van der Waals surface area contributed by atoms with Gasteiger partial charge in [-0.1, -0.05) is 60.7 Å². The Morgan fingerprint density at radius 1 is 0.882 bits per heavy atom. The summed E-state index contributed by atoms with van der Waals surface area (Å²) in [7, 11) is 1.61. The van der Waals surface area contributed by atoms with Crippen molar-refractivity contribution in [3.8, 4) is 16.9 Å². The first-order valence-electron chi connectivity index (χ1n) is 11.1. The van der Waals surface area contributed by atoms with Gasteiger partial charge in [-0.3, -0.25) is 9.69 Å². The van der Waals surface area contributed by atoms with Gasteiger partial charge in [-0.05, 0) is 57.4 Å². The van der Waals surface area contributed by atoms with Crippen LogP contribution in [0.3, 0.4) is 0 Å². The van der Waals surface area contributed by atoms with Gasteiger partial charge in [-0.2, -0.15) is 0 Å². The Kier molecular flexibility index (Phi) is 5.00. The van der Waals surface area contributed by atoms with Crippen molar-refractivity contribution in [2.75, 3.05) is 12.0 Å². The van der Waals surface area contributed by atoms with E-state index in [9.17, 15) is 4.79 Å². The van der Waals surface area contributed by atoms with Gasteiger partial charge in [-0.15, -0.1) is 0 Å². The van der Waals surface area contributed by atoms with Gasteiger partial charge in [0.05, 0.1) is 24.4 Å². The van der Waals surface area contributed by atoms with Crippen molar-refractivity contribution < 1.29 is 9.53 Å². The second kappa shape index (κ2) is 8.19. The second-order valence-corrected chi connectivity index (χ2v) is 9.17. The minimum absolute atomic E-state index is 0.0944. The van der Waals surface area contributed by atoms with E-state index in [0.29, 0.717) is 11.3 Å². The Hall–Kier alpha value is -3.83. The van der Waals surface area contributed by atoms with Crippen LogP contribution in [0.15, 0.2) is 102 Å². The molecule has 0 bridgehead atoms. The number of hydrogen-bond acceptors (Lipinski definition) is 2. The molecule has 1 atom stereocenters. The molecule has 34 heavy (non-hydrogen) atoms. The molecule has 0 radical (unpaired) electrons. The zero-order chi connectivity index (χ0) is 23.2. The molecule has 1 N–H and O–H groups in total. The zero-order valence-corrected chi connectivity index (χ0v) is 20.0. The van der Waals surface area contributed by atoms with Crippen molar-refractivity contribution in [2.24, 2.45) is 0 Å². The summed E-state index contributed by atoms with van der Waals surface area (Å²) in [6.07, 6.45) is 2.03. The van der Waals surface area contributed by atoms with E-state index < -0.39 is 0 Å². The molecule has 2 heterocycles. The number of rotatable bonds is 3. The van der Waals surface area contributed by atoms with Crippen LogP contribution in [0.5, 0.6) is 5.75 Å². The van der Waals surface area contributed by atoms with Gasteiger partial charge in [-0.25, -0.2) is 0 Å². The van der Waals surface area contributed by atoms with E-state index in [1.165, 1.54) is 0 Å². The van der Waals surface area contributed by atoms with Crippen molar-refractivity contribution in [1.29, 1.82) is 0 Å². The molecule has 5 heteroatoms. The number of nitrogens with one attached hydrogen (secondary N) is 1. The van der Waals surface area contributed by atoms with Gasteiger partial charge in [0, 0.05) is 32.7 Å². The number of methoxy groups -OCH3 is 1. The van der Waals surface area contributed by atoms with Crippen LogP contribution in [-0.2, 0) is 0 Å². The predicted molar refractivity (Wildman–Crippen MR) is 140 cm³/mol. The summed E-state index contributed by atoms with van der Waals surface area (Å²) in [6.45, 7) is 0. The topological polar surface area (TPSA) is 45.3 Å². The fourth-order valence-corrected chi connectivity index (χ4v) is 5.37. The molecule has 1 aliphatic rings. The van der Waals surface area contributed by atoms with Crippen LogP contribution in [0.2, 0.25) is 0 Å². The van der Waals surface area contributed by atoms with Crippen molar-refractivity contribution in [3.63, 3.8) is 0 Å². The van der Waals surface area contributed by atoms with Crippen LogP contribution in [0.1, 0.15) is 27.5 Å². The number of halogens is 1. The van der Waals surface area contributed by atoms with Gasteiger partial charge in [0.25, 0.3) is 5.91 Å². The minimum atomic E-state index is -0.298. The van der Waals surface area contributed by atoms with Crippen molar-refractivity contribution in [1.82, 2.24) is 4.98 Å². The first-order valence-corrected chi connectivity index (χ1v) is 11.9. The predicted octanol–water partition coefficient (Wildman–Crippen LogP) is 7.36. The van der Waals surface area contributed by atoms with E-state index in [1.807, 2.05) is 59.6 Å². The molecule has 1 unspecified atom stereocenters. The van der Waals surface area contributed by atoms with Gasteiger partial charge in [0.1, 0.15) is 5.75 Å². The molecular formula is C29H21BrN2O2. The molecule has 4 nitrogen and oxygen atoms in total. The number of aromatic amines is 1. The van der Waals surface area contributed by atoms with Crippen molar-refractivity contribution in [3.05, 3.63) is 118 Å². The number of para-hydroxylation sites is 2. The Morgan fingerprint density at radius 2 is 1.62 bits per heavy atom. The Bertz CT molecular complexity index is 1560. The van der Waals surface area contributed by atoms with E-state index in [-0.39, 0.29) is 11.9 Å². The third kappa shape index (κ3) is 3.16. The SMILES string of the molecule is COc1ccc(Br)c(C(=O)N2c3ccccc3-c3ccccc3C2c2c[nH]c3ccccc23)c1. The Labute approximate surface area is 205 Å². The van der Waals surface area contributed by atoms with Crippen molar-refractivity contribution >= 4 is 38.4 Å². The molecule has 1 amide bonds. The van der Waals surface area contributed by atoms with E-state index in [2.05, 4.69) is 57.3 Å². The largest absolute Gasteiger partial charge is 0.497 e. The van der Waals surface area contributed by atoms with Gasteiger partial charge in [0.15, 0.2) is 0 Å². The lowest BCUT2D eigenvalue weighted by molar-refractivity contribution is 0.0979. The number of benzene rings is 4. The van der Waals surface area contributed by atoms with E-state index in [0.717, 1.165) is 43.3 Å².